The molecule has 0 bridgehead atoms. The zero-order valence-corrected chi connectivity index (χ0v) is 15.2. The summed E-state index contributed by atoms with van der Waals surface area (Å²) in [5.74, 6) is -0.457. The first-order valence-corrected chi connectivity index (χ1v) is 8.27. The molecule has 2 aromatic carbocycles. The van der Waals surface area contributed by atoms with Crippen molar-refractivity contribution < 1.29 is 4.79 Å². The number of carbonyl (C=O) groups excluding carboxylic acids is 1. The second-order valence-corrected chi connectivity index (χ2v) is 6.28. The number of amides is 1. The number of aromatic nitrogens is 2. The predicted molar refractivity (Wildman–Crippen MR) is 103 cm³/mol. The number of carbonyl (C=O) groups is 1. The lowest BCUT2D eigenvalue weighted by atomic mass is 10.0. The second kappa shape index (κ2) is 6.92. The maximum atomic E-state index is 12.6. The highest BCUT2D eigenvalue weighted by Crippen LogP contribution is 2.14. The average molecular weight is 348 g/mol. The van der Waals surface area contributed by atoms with E-state index in [9.17, 15) is 9.59 Å². The molecule has 26 heavy (non-hydrogen) atoms. The Labute approximate surface area is 151 Å². The molecule has 0 atom stereocenters. The van der Waals surface area contributed by atoms with Gasteiger partial charge in [0.15, 0.2) is 5.69 Å². The highest BCUT2D eigenvalue weighted by molar-refractivity contribution is 6.06. The Balaban J connectivity index is 1.96. The van der Waals surface area contributed by atoms with Gasteiger partial charge in [0.05, 0.1) is 11.1 Å². The second-order valence-electron chi connectivity index (χ2n) is 6.28. The first-order chi connectivity index (χ1) is 12.4. The molecule has 0 spiro atoms. The fourth-order valence-corrected chi connectivity index (χ4v) is 2.84. The van der Waals surface area contributed by atoms with Crippen LogP contribution in [0.1, 0.15) is 34.1 Å². The van der Waals surface area contributed by atoms with Crippen LogP contribution in [0.4, 0.5) is 0 Å². The van der Waals surface area contributed by atoms with Gasteiger partial charge in [-0.2, -0.15) is 10.2 Å². The van der Waals surface area contributed by atoms with Gasteiger partial charge in [-0.15, -0.1) is 0 Å². The third-order valence-corrected chi connectivity index (χ3v) is 4.28. The third-order valence-electron chi connectivity index (χ3n) is 4.28. The maximum absolute atomic E-state index is 12.6. The predicted octanol–water partition coefficient (Wildman–Crippen LogP) is 2.70. The van der Waals surface area contributed by atoms with E-state index in [0.717, 1.165) is 16.7 Å². The number of aryl methyl sites for hydroxylation is 3. The summed E-state index contributed by atoms with van der Waals surface area (Å²) in [5.41, 5.74) is 6.36. The topological polar surface area (TPSA) is 76.3 Å². The zero-order chi connectivity index (χ0) is 18.8. The fraction of sp³-hybridized carbons (Fsp3) is 0.200. The summed E-state index contributed by atoms with van der Waals surface area (Å²) in [5, 5.41) is 9.28. The van der Waals surface area contributed by atoms with Gasteiger partial charge in [0.1, 0.15) is 0 Å². The van der Waals surface area contributed by atoms with Gasteiger partial charge >= 0.3 is 0 Å². The van der Waals surface area contributed by atoms with E-state index in [0.29, 0.717) is 16.5 Å². The molecule has 0 aliphatic rings. The van der Waals surface area contributed by atoms with Crippen LogP contribution in [0, 0.1) is 13.8 Å². The molecule has 6 nitrogen and oxygen atoms in total. The van der Waals surface area contributed by atoms with Crippen molar-refractivity contribution in [1.29, 1.82) is 0 Å². The van der Waals surface area contributed by atoms with E-state index in [2.05, 4.69) is 15.6 Å². The Morgan fingerprint density at radius 1 is 1.12 bits per heavy atom. The van der Waals surface area contributed by atoms with Crippen LogP contribution in [0.2, 0.25) is 0 Å². The smallest absolute Gasteiger partial charge is 0.267 e. The summed E-state index contributed by atoms with van der Waals surface area (Å²) in [7, 11) is 1.52. The first-order valence-electron chi connectivity index (χ1n) is 8.27. The molecule has 1 heterocycles. The Morgan fingerprint density at radius 3 is 2.54 bits per heavy atom. The van der Waals surface area contributed by atoms with Crippen molar-refractivity contribution in [3.05, 3.63) is 75.2 Å². The van der Waals surface area contributed by atoms with Crippen LogP contribution < -0.4 is 11.0 Å². The molecule has 1 aromatic heterocycles. The van der Waals surface area contributed by atoms with Gasteiger partial charge in [-0.05, 0) is 38.5 Å². The number of nitrogens with one attached hydrogen (secondary N) is 1. The highest BCUT2D eigenvalue weighted by atomic mass is 16.2. The molecular weight excluding hydrogens is 328 g/mol. The van der Waals surface area contributed by atoms with Crippen LogP contribution in [0.3, 0.4) is 0 Å². The third kappa shape index (κ3) is 3.26. The molecule has 0 saturated carbocycles. The largest absolute Gasteiger partial charge is 0.292 e. The van der Waals surface area contributed by atoms with E-state index in [-0.39, 0.29) is 11.3 Å². The number of hydrogen-bond donors (Lipinski definition) is 1. The van der Waals surface area contributed by atoms with Crippen LogP contribution in [-0.4, -0.2) is 21.4 Å². The summed E-state index contributed by atoms with van der Waals surface area (Å²) >= 11 is 0. The molecule has 1 amide bonds. The van der Waals surface area contributed by atoms with Crippen LogP contribution in [-0.2, 0) is 7.05 Å². The minimum absolute atomic E-state index is 0.167. The van der Waals surface area contributed by atoms with Crippen molar-refractivity contribution in [2.24, 2.45) is 12.1 Å². The Morgan fingerprint density at radius 2 is 1.81 bits per heavy atom. The summed E-state index contributed by atoms with van der Waals surface area (Å²) in [4.78, 5) is 24.8. The molecule has 3 aromatic rings. The minimum atomic E-state index is -0.457. The standard InChI is InChI=1S/C20H20N4O2/c1-12-9-10-13(2)17(11-12)14(3)21-22-19(25)18-15-7-5-6-8-16(15)20(26)24(4)23-18/h5-11H,1-4H3,(H,22,25)/b21-14-. The summed E-state index contributed by atoms with van der Waals surface area (Å²) < 4.78 is 1.17. The molecule has 0 saturated heterocycles. The zero-order valence-electron chi connectivity index (χ0n) is 15.2. The van der Waals surface area contributed by atoms with Crippen molar-refractivity contribution in [2.45, 2.75) is 20.8 Å². The van der Waals surface area contributed by atoms with Gasteiger partial charge in [0.25, 0.3) is 11.5 Å². The molecule has 3 rings (SSSR count). The average Bonchev–Trinajstić information content (AvgIpc) is 2.64. The van der Waals surface area contributed by atoms with Crippen molar-refractivity contribution >= 4 is 22.4 Å². The maximum Gasteiger partial charge on any atom is 0.292 e. The lowest BCUT2D eigenvalue weighted by Crippen LogP contribution is -2.27. The number of hydrogen-bond acceptors (Lipinski definition) is 4. The molecule has 1 N–H and O–H groups in total. The van der Waals surface area contributed by atoms with Crippen LogP contribution in [0.15, 0.2) is 52.4 Å². The van der Waals surface area contributed by atoms with Crippen molar-refractivity contribution in [3.8, 4) is 0 Å². The van der Waals surface area contributed by atoms with E-state index in [4.69, 9.17) is 0 Å². The van der Waals surface area contributed by atoms with Crippen molar-refractivity contribution in [1.82, 2.24) is 15.2 Å². The molecule has 0 radical (unpaired) electrons. The van der Waals surface area contributed by atoms with Gasteiger partial charge in [-0.3, -0.25) is 9.59 Å². The lowest BCUT2D eigenvalue weighted by Gasteiger charge is -2.09. The Kier molecular flexibility index (Phi) is 4.67. The normalized spacial score (nSPS) is 11.6. The number of fused-ring (bicyclic) bond motifs is 1. The van der Waals surface area contributed by atoms with Gasteiger partial charge < -0.3 is 0 Å². The first kappa shape index (κ1) is 17.5. The van der Waals surface area contributed by atoms with Crippen LogP contribution in [0.25, 0.3) is 10.8 Å². The Hall–Kier alpha value is -3.28. The number of rotatable bonds is 3. The lowest BCUT2D eigenvalue weighted by molar-refractivity contribution is 0.0949. The van der Waals surface area contributed by atoms with E-state index >= 15 is 0 Å². The molecular formula is C20H20N4O2. The van der Waals surface area contributed by atoms with Crippen molar-refractivity contribution in [2.75, 3.05) is 0 Å². The molecule has 0 aliphatic heterocycles. The quantitative estimate of drug-likeness (QED) is 0.584. The SMILES string of the molecule is C/C(=N/NC(=O)c1nn(C)c(=O)c2ccccc12)c1cc(C)ccc1C. The van der Waals surface area contributed by atoms with Gasteiger partial charge in [-0.25, -0.2) is 10.1 Å². The fourth-order valence-electron chi connectivity index (χ4n) is 2.84. The monoisotopic (exact) mass is 348 g/mol. The molecule has 6 heteroatoms. The van der Waals surface area contributed by atoms with E-state index in [1.165, 1.54) is 11.7 Å². The minimum Gasteiger partial charge on any atom is -0.267 e. The highest BCUT2D eigenvalue weighted by Gasteiger charge is 2.15. The molecule has 0 fully saturated rings. The van der Waals surface area contributed by atoms with Crippen molar-refractivity contribution in [3.63, 3.8) is 0 Å². The van der Waals surface area contributed by atoms with Gasteiger partial charge in [0.2, 0.25) is 0 Å². The van der Waals surface area contributed by atoms with Crippen LogP contribution >= 0.6 is 0 Å². The number of benzene rings is 2. The van der Waals surface area contributed by atoms with E-state index in [1.54, 1.807) is 24.3 Å². The molecule has 0 aliphatic carbocycles. The van der Waals surface area contributed by atoms with Gasteiger partial charge in [-0.1, -0.05) is 35.9 Å². The Bertz CT molecular complexity index is 1100. The molecule has 132 valence electrons. The van der Waals surface area contributed by atoms with Gasteiger partial charge in [0, 0.05) is 18.0 Å². The number of hydrazone groups is 1. The van der Waals surface area contributed by atoms with E-state index < -0.39 is 5.91 Å². The van der Waals surface area contributed by atoms with E-state index in [1.807, 2.05) is 39.0 Å². The summed E-state index contributed by atoms with van der Waals surface area (Å²) in [6.07, 6.45) is 0. The number of nitrogens with zero attached hydrogens (tertiary/aromatic N) is 3. The van der Waals surface area contributed by atoms with Crippen LogP contribution in [0.5, 0.6) is 0 Å². The summed E-state index contributed by atoms with van der Waals surface area (Å²) in [6.45, 7) is 5.85. The molecule has 0 unspecified atom stereocenters. The summed E-state index contributed by atoms with van der Waals surface area (Å²) in [6, 6.07) is 13.0.